The van der Waals surface area contributed by atoms with Gasteiger partial charge in [0.1, 0.15) is 0 Å². The van der Waals surface area contributed by atoms with E-state index in [0.29, 0.717) is 38.4 Å². The fourth-order valence-electron chi connectivity index (χ4n) is 2.88. The lowest BCUT2D eigenvalue weighted by atomic mass is 10.1. The van der Waals surface area contributed by atoms with Crippen molar-refractivity contribution in [1.29, 1.82) is 0 Å². The Bertz CT molecular complexity index is 813. The van der Waals surface area contributed by atoms with Crippen LogP contribution in [0.2, 0.25) is 0 Å². The van der Waals surface area contributed by atoms with Gasteiger partial charge in [0.2, 0.25) is 0 Å². The molecular formula is C21H31N5O4. The van der Waals surface area contributed by atoms with Gasteiger partial charge in [0.05, 0.1) is 12.7 Å². The maximum Gasteiger partial charge on any atom is 0.276 e. The minimum atomic E-state index is -0.435. The highest BCUT2D eigenvalue weighted by Gasteiger charge is 2.20. The average Bonchev–Trinajstić information content (AvgIpc) is 3.20. The molecule has 1 aromatic heterocycles. The van der Waals surface area contributed by atoms with Crippen molar-refractivity contribution in [2.75, 3.05) is 33.9 Å². The van der Waals surface area contributed by atoms with Crippen molar-refractivity contribution in [3.63, 3.8) is 0 Å². The molecule has 0 radical (unpaired) electrons. The minimum Gasteiger partial charge on any atom is -0.351 e. The number of hydrogen-bond acceptors (Lipinski definition) is 6. The van der Waals surface area contributed by atoms with Crippen LogP contribution in [-0.4, -0.2) is 76.8 Å². The number of rotatable bonds is 11. The monoisotopic (exact) mass is 417 g/mol. The molecular weight excluding hydrogens is 386 g/mol. The van der Waals surface area contributed by atoms with Gasteiger partial charge in [-0.3, -0.25) is 9.59 Å². The molecule has 164 valence electrons. The van der Waals surface area contributed by atoms with Crippen LogP contribution in [0.1, 0.15) is 47.2 Å². The van der Waals surface area contributed by atoms with E-state index in [0.717, 1.165) is 5.56 Å². The van der Waals surface area contributed by atoms with Crippen LogP contribution in [0.4, 0.5) is 0 Å². The molecule has 2 amide bonds. The number of amides is 2. The molecule has 1 heterocycles. The number of benzene rings is 1. The van der Waals surface area contributed by atoms with Gasteiger partial charge < -0.3 is 19.3 Å². The van der Waals surface area contributed by atoms with Crippen LogP contribution >= 0.6 is 0 Å². The zero-order chi connectivity index (χ0) is 22.1. The molecule has 0 aliphatic rings. The third-order valence-corrected chi connectivity index (χ3v) is 4.45. The molecule has 30 heavy (non-hydrogen) atoms. The number of nitrogens with zero attached hydrogens (tertiary/aromatic N) is 5. The summed E-state index contributed by atoms with van der Waals surface area (Å²) in [5.41, 5.74) is 1.81. The van der Waals surface area contributed by atoms with Crippen LogP contribution in [-0.2, 0) is 22.6 Å². The lowest BCUT2D eigenvalue weighted by Crippen LogP contribution is -2.30. The Labute approximate surface area is 177 Å². The van der Waals surface area contributed by atoms with Crippen LogP contribution in [0.5, 0.6) is 0 Å². The molecule has 1 aromatic carbocycles. The third kappa shape index (κ3) is 6.36. The molecule has 0 atom stereocenters. The van der Waals surface area contributed by atoms with E-state index in [1.54, 1.807) is 42.0 Å². The van der Waals surface area contributed by atoms with Gasteiger partial charge in [0.15, 0.2) is 12.0 Å². The average molecular weight is 418 g/mol. The zero-order valence-electron chi connectivity index (χ0n) is 18.4. The first kappa shape index (κ1) is 23.5. The van der Waals surface area contributed by atoms with Gasteiger partial charge in [0.25, 0.3) is 11.8 Å². The van der Waals surface area contributed by atoms with Crippen molar-refractivity contribution in [1.82, 2.24) is 24.8 Å². The van der Waals surface area contributed by atoms with Crippen LogP contribution in [0.25, 0.3) is 0 Å². The minimum absolute atomic E-state index is 0.0565. The Balaban J connectivity index is 2.04. The van der Waals surface area contributed by atoms with E-state index in [-0.39, 0.29) is 17.5 Å². The maximum absolute atomic E-state index is 12.9. The molecule has 9 heteroatoms. The SMILES string of the molecule is CCOC(Cn1cc(C(=O)N(CC)Cc2ccc(C(=O)N(C)C)cc2)nn1)OCC. The summed E-state index contributed by atoms with van der Waals surface area (Å²) < 4.78 is 12.6. The van der Waals surface area contributed by atoms with Gasteiger partial charge in [-0.2, -0.15) is 0 Å². The summed E-state index contributed by atoms with van der Waals surface area (Å²) in [5, 5.41) is 8.05. The number of hydrogen-bond donors (Lipinski definition) is 0. The Hall–Kier alpha value is -2.78. The van der Waals surface area contributed by atoms with Crippen molar-refractivity contribution >= 4 is 11.8 Å². The first-order valence-electron chi connectivity index (χ1n) is 10.1. The molecule has 0 fully saturated rings. The fraction of sp³-hybridized carbons (Fsp3) is 0.524. The first-order valence-corrected chi connectivity index (χ1v) is 10.1. The summed E-state index contributed by atoms with van der Waals surface area (Å²) in [5.74, 6) is -0.263. The van der Waals surface area contributed by atoms with Gasteiger partial charge in [0, 0.05) is 46.0 Å². The second-order valence-electron chi connectivity index (χ2n) is 6.88. The molecule has 9 nitrogen and oxygen atoms in total. The van der Waals surface area contributed by atoms with Crippen molar-refractivity contribution in [3.05, 3.63) is 47.3 Å². The topological polar surface area (TPSA) is 89.8 Å². The molecule has 2 aromatic rings. The second-order valence-corrected chi connectivity index (χ2v) is 6.88. The van der Waals surface area contributed by atoms with Crippen LogP contribution in [0.3, 0.4) is 0 Å². The first-order chi connectivity index (χ1) is 14.4. The van der Waals surface area contributed by atoms with Crippen molar-refractivity contribution in [3.8, 4) is 0 Å². The fourth-order valence-corrected chi connectivity index (χ4v) is 2.88. The number of aromatic nitrogens is 3. The molecule has 2 rings (SSSR count). The Morgan fingerprint density at radius 1 is 1.03 bits per heavy atom. The molecule has 0 aliphatic carbocycles. The van der Waals surface area contributed by atoms with E-state index >= 15 is 0 Å². The van der Waals surface area contributed by atoms with E-state index in [2.05, 4.69) is 10.3 Å². The molecule has 0 unspecified atom stereocenters. The van der Waals surface area contributed by atoms with Gasteiger partial charge in [-0.15, -0.1) is 5.10 Å². The highest BCUT2D eigenvalue weighted by molar-refractivity contribution is 5.94. The van der Waals surface area contributed by atoms with Crippen LogP contribution < -0.4 is 0 Å². The van der Waals surface area contributed by atoms with Gasteiger partial charge in [-0.1, -0.05) is 17.3 Å². The highest BCUT2D eigenvalue weighted by atomic mass is 16.7. The lowest BCUT2D eigenvalue weighted by molar-refractivity contribution is -0.145. The second kappa shape index (κ2) is 11.4. The molecule has 0 saturated carbocycles. The quantitative estimate of drug-likeness (QED) is 0.520. The van der Waals surface area contributed by atoms with Gasteiger partial charge >= 0.3 is 0 Å². The van der Waals surface area contributed by atoms with E-state index in [4.69, 9.17) is 9.47 Å². The largest absolute Gasteiger partial charge is 0.351 e. The Morgan fingerprint density at radius 2 is 1.67 bits per heavy atom. The zero-order valence-corrected chi connectivity index (χ0v) is 18.4. The van der Waals surface area contributed by atoms with E-state index in [9.17, 15) is 9.59 Å². The highest BCUT2D eigenvalue weighted by Crippen LogP contribution is 2.12. The van der Waals surface area contributed by atoms with Crippen molar-refractivity contribution in [2.24, 2.45) is 0 Å². The van der Waals surface area contributed by atoms with E-state index < -0.39 is 6.29 Å². The summed E-state index contributed by atoms with van der Waals surface area (Å²) in [4.78, 5) is 28.1. The van der Waals surface area contributed by atoms with Gasteiger partial charge in [-0.05, 0) is 38.5 Å². The Morgan fingerprint density at radius 3 is 2.20 bits per heavy atom. The number of carbonyl (C=O) groups is 2. The molecule has 0 N–H and O–H groups in total. The summed E-state index contributed by atoms with van der Waals surface area (Å²) in [6.45, 7) is 8.03. The van der Waals surface area contributed by atoms with Crippen molar-refractivity contribution < 1.29 is 19.1 Å². The predicted molar refractivity (Wildman–Crippen MR) is 112 cm³/mol. The molecule has 0 bridgehead atoms. The van der Waals surface area contributed by atoms with Crippen LogP contribution in [0, 0.1) is 0 Å². The molecule has 0 saturated heterocycles. The van der Waals surface area contributed by atoms with E-state index in [1.165, 1.54) is 4.90 Å². The van der Waals surface area contributed by atoms with Crippen molar-refractivity contribution in [2.45, 2.75) is 40.2 Å². The summed E-state index contributed by atoms with van der Waals surface area (Å²) >= 11 is 0. The normalized spacial score (nSPS) is 11.0. The van der Waals surface area contributed by atoms with Gasteiger partial charge in [-0.25, -0.2) is 4.68 Å². The van der Waals surface area contributed by atoms with Crippen LogP contribution in [0.15, 0.2) is 30.5 Å². The number of carbonyl (C=O) groups excluding carboxylic acids is 2. The summed E-state index contributed by atoms with van der Waals surface area (Å²) in [7, 11) is 3.43. The predicted octanol–water partition coefficient (Wildman–Crippen LogP) is 2.04. The lowest BCUT2D eigenvalue weighted by Gasteiger charge is -2.20. The smallest absolute Gasteiger partial charge is 0.276 e. The molecule has 0 aliphatic heterocycles. The summed E-state index contributed by atoms with van der Waals surface area (Å²) in [6, 6.07) is 7.26. The number of ether oxygens (including phenoxy) is 2. The standard InChI is InChI=1S/C21H31N5O4/c1-6-25(13-16-9-11-17(12-10-16)20(27)24(4)5)21(28)18-14-26(23-22-18)15-19(29-7-2)30-8-3/h9-12,14,19H,6-8,13,15H2,1-5H3. The van der Waals surface area contributed by atoms with E-state index in [1.807, 2.05) is 32.9 Å². The Kier molecular flexibility index (Phi) is 8.94. The molecule has 0 spiro atoms. The maximum atomic E-state index is 12.9. The third-order valence-electron chi connectivity index (χ3n) is 4.45. The summed E-state index contributed by atoms with van der Waals surface area (Å²) in [6.07, 6.45) is 1.17.